The molecule has 2 atom stereocenters. The summed E-state index contributed by atoms with van der Waals surface area (Å²) in [6, 6.07) is 0. The lowest BCUT2D eigenvalue weighted by atomic mass is 9.97. The van der Waals surface area contributed by atoms with Crippen LogP contribution in [0, 0.1) is 11.8 Å². The molecule has 0 aromatic heterocycles. The summed E-state index contributed by atoms with van der Waals surface area (Å²) in [6.45, 7) is 13.6. The minimum Gasteiger partial charge on any atom is -0.466 e. The first-order chi connectivity index (χ1) is 18.0. The molecule has 0 aliphatic carbocycles. The summed E-state index contributed by atoms with van der Waals surface area (Å²) in [4.78, 5) is 72.6. The van der Waals surface area contributed by atoms with Gasteiger partial charge in [0.05, 0.1) is 64.3 Å². The smallest absolute Gasteiger partial charge is 0.334 e. The number of carbonyl (C=O) groups is 6. The lowest BCUT2D eigenvalue weighted by Gasteiger charge is -2.17. The van der Waals surface area contributed by atoms with Crippen LogP contribution in [0.4, 0.5) is 0 Å². The first-order valence-electron chi connectivity index (χ1n) is 12.4. The van der Waals surface area contributed by atoms with Crippen LogP contribution in [0.25, 0.3) is 0 Å². The second-order valence-corrected chi connectivity index (χ2v) is 7.66. The van der Waals surface area contributed by atoms with E-state index < -0.39 is 60.5 Å². The third kappa shape index (κ3) is 13.0. The number of hydrogen-bond donors (Lipinski definition) is 0. The van der Waals surface area contributed by atoms with E-state index in [1.54, 1.807) is 27.7 Å². The molecule has 0 amide bonds. The quantitative estimate of drug-likeness (QED) is 0.102. The normalized spacial score (nSPS) is 11.8. The second-order valence-electron chi connectivity index (χ2n) is 7.66. The summed E-state index contributed by atoms with van der Waals surface area (Å²) in [5.41, 5.74) is -0.415. The van der Waals surface area contributed by atoms with Crippen molar-refractivity contribution >= 4 is 35.8 Å². The molecule has 0 spiro atoms. The topological polar surface area (TPSA) is 158 Å². The molecule has 0 radical (unpaired) electrons. The van der Waals surface area contributed by atoms with E-state index in [-0.39, 0.29) is 50.8 Å². The van der Waals surface area contributed by atoms with Crippen molar-refractivity contribution in [3.05, 3.63) is 24.3 Å². The largest absolute Gasteiger partial charge is 0.466 e. The first-order valence-corrected chi connectivity index (χ1v) is 12.4. The molecule has 38 heavy (non-hydrogen) atoms. The maximum atomic E-state index is 12.2. The number of ether oxygens (including phenoxy) is 6. The summed E-state index contributed by atoms with van der Waals surface area (Å²) in [7, 11) is 0. The molecule has 214 valence electrons. The summed E-state index contributed by atoms with van der Waals surface area (Å²) in [6.07, 6.45) is -0.270. The third-order valence-corrected chi connectivity index (χ3v) is 4.87. The van der Waals surface area contributed by atoms with Crippen LogP contribution in [-0.2, 0) is 57.2 Å². The van der Waals surface area contributed by atoms with Crippen LogP contribution < -0.4 is 0 Å². The molecule has 0 aromatic rings. The van der Waals surface area contributed by atoms with E-state index in [2.05, 4.69) is 13.2 Å². The summed E-state index contributed by atoms with van der Waals surface area (Å²) < 4.78 is 29.7. The SMILES string of the molecule is C=C(C(=O)OCC)C(CC(=O)OCCCCOC(=O)CC(C(=C)C(=O)OCC)C(=O)OCC)C(=O)OCC. The maximum Gasteiger partial charge on any atom is 0.334 e. The van der Waals surface area contributed by atoms with E-state index in [9.17, 15) is 28.8 Å². The fourth-order valence-corrected chi connectivity index (χ4v) is 2.94. The van der Waals surface area contributed by atoms with Crippen LogP contribution in [0.2, 0.25) is 0 Å². The summed E-state index contributed by atoms with van der Waals surface area (Å²) in [5.74, 6) is -7.17. The number of unbranched alkanes of at least 4 members (excludes halogenated alkanes) is 1. The van der Waals surface area contributed by atoms with Gasteiger partial charge in [0.2, 0.25) is 0 Å². The zero-order valence-electron chi connectivity index (χ0n) is 22.5. The Kier molecular flexibility index (Phi) is 17.5. The predicted molar refractivity (Wildman–Crippen MR) is 132 cm³/mol. The van der Waals surface area contributed by atoms with E-state index in [1.807, 2.05) is 0 Å². The fraction of sp³-hybridized carbons (Fsp3) is 0.615. The molecule has 0 N–H and O–H groups in total. The molecule has 0 saturated heterocycles. The van der Waals surface area contributed by atoms with Crippen LogP contribution >= 0.6 is 0 Å². The molecular weight excluding hydrogens is 504 g/mol. The molecule has 0 rings (SSSR count). The Balaban J connectivity index is 4.64. The Morgan fingerprint density at radius 2 is 0.842 bits per heavy atom. The van der Waals surface area contributed by atoms with Crippen LogP contribution in [0.5, 0.6) is 0 Å². The van der Waals surface area contributed by atoms with E-state index in [0.717, 1.165) is 0 Å². The predicted octanol–water partition coefficient (Wildman–Crippen LogP) is 2.23. The Bertz CT molecular complexity index is 790. The van der Waals surface area contributed by atoms with Crippen LogP contribution in [0.15, 0.2) is 24.3 Å². The van der Waals surface area contributed by atoms with Gasteiger partial charge in [0, 0.05) is 11.1 Å². The highest BCUT2D eigenvalue weighted by Gasteiger charge is 2.32. The van der Waals surface area contributed by atoms with Crippen molar-refractivity contribution in [2.75, 3.05) is 39.6 Å². The minimum absolute atomic E-state index is 0.0388. The first kappa shape index (κ1) is 34.3. The fourth-order valence-electron chi connectivity index (χ4n) is 2.94. The summed E-state index contributed by atoms with van der Waals surface area (Å²) >= 11 is 0. The number of esters is 6. The van der Waals surface area contributed by atoms with Crippen LogP contribution in [-0.4, -0.2) is 75.5 Å². The van der Waals surface area contributed by atoms with Crippen molar-refractivity contribution in [2.24, 2.45) is 11.8 Å². The van der Waals surface area contributed by atoms with Crippen LogP contribution in [0.1, 0.15) is 53.4 Å². The zero-order valence-corrected chi connectivity index (χ0v) is 22.5. The van der Waals surface area contributed by atoms with E-state index in [1.165, 1.54) is 0 Å². The van der Waals surface area contributed by atoms with Crippen molar-refractivity contribution in [2.45, 2.75) is 53.4 Å². The average Bonchev–Trinajstić information content (AvgIpc) is 2.87. The standard InChI is InChI=1S/C26H38O12/c1-7-33-23(29)17(5)19(25(31)35-9-3)15-21(27)37-13-11-12-14-38-22(28)16-20(26(32)36-10-4)18(6)24(30)34-8-2/h19-20H,5-16H2,1-4H3. The van der Waals surface area contributed by atoms with Gasteiger partial charge in [-0.15, -0.1) is 0 Å². The molecule has 0 aliphatic heterocycles. The molecule has 0 aromatic carbocycles. The summed E-state index contributed by atoms with van der Waals surface area (Å²) in [5, 5.41) is 0. The molecule has 0 heterocycles. The van der Waals surface area contributed by atoms with Crippen molar-refractivity contribution < 1.29 is 57.2 Å². The molecule has 12 nitrogen and oxygen atoms in total. The maximum absolute atomic E-state index is 12.2. The van der Waals surface area contributed by atoms with Gasteiger partial charge in [-0.3, -0.25) is 19.2 Å². The van der Waals surface area contributed by atoms with E-state index in [4.69, 9.17) is 28.4 Å². The second kappa shape index (κ2) is 19.4. The molecular formula is C26H38O12. The monoisotopic (exact) mass is 542 g/mol. The molecule has 0 fully saturated rings. The van der Waals surface area contributed by atoms with Gasteiger partial charge in [-0.1, -0.05) is 13.2 Å². The van der Waals surface area contributed by atoms with Crippen molar-refractivity contribution in [1.82, 2.24) is 0 Å². The number of hydrogen-bond acceptors (Lipinski definition) is 12. The molecule has 0 bridgehead atoms. The van der Waals surface area contributed by atoms with E-state index in [0.29, 0.717) is 12.8 Å². The van der Waals surface area contributed by atoms with Gasteiger partial charge in [-0.05, 0) is 40.5 Å². The van der Waals surface area contributed by atoms with Crippen molar-refractivity contribution in [3.63, 3.8) is 0 Å². The van der Waals surface area contributed by atoms with Crippen molar-refractivity contribution in [1.29, 1.82) is 0 Å². The minimum atomic E-state index is -1.24. The highest BCUT2D eigenvalue weighted by molar-refractivity contribution is 5.97. The highest BCUT2D eigenvalue weighted by atomic mass is 16.6. The number of rotatable bonds is 19. The van der Waals surface area contributed by atoms with Gasteiger partial charge < -0.3 is 28.4 Å². The highest BCUT2D eigenvalue weighted by Crippen LogP contribution is 2.20. The molecule has 12 heteroatoms. The Hall–Kier alpha value is -3.70. The van der Waals surface area contributed by atoms with Gasteiger partial charge in [-0.25, -0.2) is 9.59 Å². The lowest BCUT2D eigenvalue weighted by molar-refractivity contribution is -0.156. The Morgan fingerprint density at radius 1 is 0.526 bits per heavy atom. The van der Waals surface area contributed by atoms with Gasteiger partial charge >= 0.3 is 35.8 Å². The third-order valence-electron chi connectivity index (χ3n) is 4.87. The Labute approximate surface area is 222 Å². The van der Waals surface area contributed by atoms with Gasteiger partial charge in [-0.2, -0.15) is 0 Å². The molecule has 0 aliphatic rings. The molecule has 0 saturated carbocycles. The van der Waals surface area contributed by atoms with Crippen LogP contribution in [0.3, 0.4) is 0 Å². The average molecular weight is 543 g/mol. The van der Waals surface area contributed by atoms with E-state index >= 15 is 0 Å². The molecule has 2 unspecified atom stereocenters. The Morgan fingerprint density at radius 3 is 1.13 bits per heavy atom. The van der Waals surface area contributed by atoms with Gasteiger partial charge in [0.25, 0.3) is 0 Å². The lowest BCUT2D eigenvalue weighted by Crippen LogP contribution is -2.28. The van der Waals surface area contributed by atoms with Crippen molar-refractivity contribution in [3.8, 4) is 0 Å². The van der Waals surface area contributed by atoms with Gasteiger partial charge in [0.1, 0.15) is 0 Å². The van der Waals surface area contributed by atoms with Gasteiger partial charge in [0.15, 0.2) is 0 Å². The number of carbonyl (C=O) groups excluding carboxylic acids is 6. The zero-order chi connectivity index (χ0) is 29.1.